The van der Waals surface area contributed by atoms with Crippen molar-refractivity contribution in [1.29, 1.82) is 0 Å². The summed E-state index contributed by atoms with van der Waals surface area (Å²) in [6, 6.07) is 8.16. The molecule has 1 aromatic rings. The average Bonchev–Trinajstić information content (AvgIpc) is 2.59. The fourth-order valence-corrected chi connectivity index (χ4v) is 2.69. The summed E-state index contributed by atoms with van der Waals surface area (Å²) in [5.41, 5.74) is 1.17. The number of carbonyl (C=O) groups is 1. The van der Waals surface area contributed by atoms with Gasteiger partial charge in [0.2, 0.25) is 5.91 Å². The van der Waals surface area contributed by atoms with Crippen molar-refractivity contribution in [1.82, 2.24) is 10.2 Å². The lowest BCUT2D eigenvalue weighted by Crippen LogP contribution is -2.47. The number of nitrogens with one attached hydrogen (secondary N) is 1. The van der Waals surface area contributed by atoms with Crippen LogP contribution >= 0.6 is 0 Å². The summed E-state index contributed by atoms with van der Waals surface area (Å²) in [7, 11) is 1.71. The fraction of sp³-hybridized carbons (Fsp3) is 0.471. The third-order valence-electron chi connectivity index (χ3n) is 3.93. The van der Waals surface area contributed by atoms with Crippen LogP contribution in [0.25, 0.3) is 0 Å². The van der Waals surface area contributed by atoms with Crippen LogP contribution < -0.4 is 15.0 Å². The van der Waals surface area contributed by atoms with E-state index in [0.717, 1.165) is 44.9 Å². The first kappa shape index (κ1) is 16.4. The summed E-state index contributed by atoms with van der Waals surface area (Å²) in [5, 5.41) is 2.81. The van der Waals surface area contributed by atoms with E-state index in [2.05, 4.69) is 27.8 Å². The number of nitrogens with zero attached hydrogens (tertiary/aromatic N) is 2. The second-order valence-electron chi connectivity index (χ2n) is 5.35. The first-order valence-electron chi connectivity index (χ1n) is 7.75. The van der Waals surface area contributed by atoms with Gasteiger partial charge in [0.05, 0.1) is 12.8 Å². The number of amides is 1. The summed E-state index contributed by atoms with van der Waals surface area (Å²) in [6.07, 6.45) is 2.28. The molecular formula is C17H25N3O2. The van der Waals surface area contributed by atoms with E-state index in [1.807, 2.05) is 18.2 Å². The van der Waals surface area contributed by atoms with Gasteiger partial charge in [-0.15, -0.1) is 0 Å². The van der Waals surface area contributed by atoms with E-state index in [1.165, 1.54) is 11.8 Å². The summed E-state index contributed by atoms with van der Waals surface area (Å²) in [6.45, 7) is 9.23. The van der Waals surface area contributed by atoms with Crippen molar-refractivity contribution in [3.05, 3.63) is 36.9 Å². The highest BCUT2D eigenvalue weighted by molar-refractivity contribution is 5.86. The van der Waals surface area contributed by atoms with Gasteiger partial charge in [-0.3, -0.25) is 9.69 Å². The minimum absolute atomic E-state index is 0.0963. The number of hydrogen-bond donors (Lipinski definition) is 1. The Morgan fingerprint density at radius 1 is 1.32 bits per heavy atom. The average molecular weight is 303 g/mol. The zero-order valence-electron chi connectivity index (χ0n) is 13.3. The van der Waals surface area contributed by atoms with Gasteiger partial charge in [-0.05, 0) is 31.2 Å². The highest BCUT2D eigenvalue weighted by Gasteiger charge is 2.18. The molecular weight excluding hydrogens is 278 g/mol. The standard InChI is InChI=1S/C17H25N3O2/c1-3-17(21)18-9-6-10-19-11-13-20(14-12-19)15-7-4-5-8-16(15)22-2/h3-5,7-8H,1,6,9-14H2,2H3,(H,18,21). The van der Waals surface area contributed by atoms with Crippen LogP contribution in [0.3, 0.4) is 0 Å². The molecule has 5 heteroatoms. The lowest BCUT2D eigenvalue weighted by Gasteiger charge is -2.36. The van der Waals surface area contributed by atoms with Crippen LogP contribution in [-0.4, -0.2) is 57.2 Å². The van der Waals surface area contributed by atoms with Gasteiger partial charge in [0.25, 0.3) is 0 Å². The molecule has 0 atom stereocenters. The third kappa shape index (κ3) is 4.49. The predicted octanol–water partition coefficient (Wildman–Crippen LogP) is 1.51. The number of rotatable bonds is 7. The number of piperazine rings is 1. The van der Waals surface area contributed by atoms with Crippen LogP contribution in [0.2, 0.25) is 0 Å². The number of para-hydroxylation sites is 2. The molecule has 1 fully saturated rings. The molecule has 0 unspecified atom stereocenters. The maximum Gasteiger partial charge on any atom is 0.243 e. The van der Waals surface area contributed by atoms with Gasteiger partial charge in [0.1, 0.15) is 5.75 Å². The lowest BCUT2D eigenvalue weighted by molar-refractivity contribution is -0.116. The van der Waals surface area contributed by atoms with Crippen molar-refractivity contribution in [3.8, 4) is 5.75 Å². The molecule has 1 saturated heterocycles. The molecule has 0 aliphatic carbocycles. The van der Waals surface area contributed by atoms with Gasteiger partial charge in [-0.25, -0.2) is 0 Å². The molecule has 2 rings (SSSR count). The molecule has 1 N–H and O–H groups in total. The van der Waals surface area contributed by atoms with Crippen molar-refractivity contribution >= 4 is 11.6 Å². The molecule has 22 heavy (non-hydrogen) atoms. The maximum atomic E-state index is 11.1. The number of ether oxygens (including phenoxy) is 1. The SMILES string of the molecule is C=CC(=O)NCCCN1CCN(c2ccccc2OC)CC1. The number of hydrogen-bond acceptors (Lipinski definition) is 4. The zero-order valence-corrected chi connectivity index (χ0v) is 13.3. The fourth-order valence-electron chi connectivity index (χ4n) is 2.69. The second kappa shape index (κ2) is 8.44. The molecule has 0 spiro atoms. The van der Waals surface area contributed by atoms with Gasteiger partial charge in [0, 0.05) is 32.7 Å². The molecule has 1 aromatic carbocycles. The summed E-state index contributed by atoms with van der Waals surface area (Å²) >= 11 is 0. The normalized spacial score (nSPS) is 15.4. The highest BCUT2D eigenvalue weighted by Crippen LogP contribution is 2.28. The quantitative estimate of drug-likeness (QED) is 0.612. The van der Waals surface area contributed by atoms with E-state index in [4.69, 9.17) is 4.74 Å². The minimum Gasteiger partial charge on any atom is -0.495 e. The molecule has 1 amide bonds. The third-order valence-corrected chi connectivity index (χ3v) is 3.93. The van der Waals surface area contributed by atoms with Crippen LogP contribution in [0.4, 0.5) is 5.69 Å². The molecule has 120 valence electrons. The first-order valence-corrected chi connectivity index (χ1v) is 7.75. The van der Waals surface area contributed by atoms with E-state index < -0.39 is 0 Å². The Morgan fingerprint density at radius 2 is 2.05 bits per heavy atom. The lowest BCUT2D eigenvalue weighted by atomic mass is 10.2. The van der Waals surface area contributed by atoms with E-state index in [-0.39, 0.29) is 5.91 Å². The van der Waals surface area contributed by atoms with Crippen molar-refractivity contribution in [2.24, 2.45) is 0 Å². The topological polar surface area (TPSA) is 44.8 Å². The van der Waals surface area contributed by atoms with Crippen LogP contribution in [-0.2, 0) is 4.79 Å². The summed E-state index contributed by atoms with van der Waals surface area (Å²) in [5.74, 6) is 0.837. The Bertz CT molecular complexity index is 496. The van der Waals surface area contributed by atoms with Gasteiger partial charge >= 0.3 is 0 Å². The number of methoxy groups -OCH3 is 1. The Morgan fingerprint density at radius 3 is 2.73 bits per heavy atom. The summed E-state index contributed by atoms with van der Waals surface area (Å²) < 4.78 is 5.43. The molecule has 1 aliphatic rings. The first-order chi connectivity index (χ1) is 10.7. The van der Waals surface area contributed by atoms with Gasteiger partial charge < -0.3 is 15.0 Å². The number of benzene rings is 1. The molecule has 1 heterocycles. The molecule has 0 aromatic heterocycles. The van der Waals surface area contributed by atoms with Crippen LogP contribution in [0, 0.1) is 0 Å². The van der Waals surface area contributed by atoms with E-state index in [9.17, 15) is 4.79 Å². The Labute approximate surface area is 132 Å². The number of carbonyl (C=O) groups excluding carboxylic acids is 1. The summed E-state index contributed by atoms with van der Waals surface area (Å²) in [4.78, 5) is 15.9. The van der Waals surface area contributed by atoms with Crippen molar-refractivity contribution in [2.75, 3.05) is 51.3 Å². The zero-order chi connectivity index (χ0) is 15.8. The van der Waals surface area contributed by atoms with Crippen molar-refractivity contribution in [3.63, 3.8) is 0 Å². The molecule has 1 aliphatic heterocycles. The largest absolute Gasteiger partial charge is 0.495 e. The smallest absolute Gasteiger partial charge is 0.243 e. The highest BCUT2D eigenvalue weighted by atomic mass is 16.5. The maximum absolute atomic E-state index is 11.1. The van der Waals surface area contributed by atoms with Gasteiger partial charge in [-0.2, -0.15) is 0 Å². The monoisotopic (exact) mass is 303 g/mol. The Balaban J connectivity index is 1.74. The van der Waals surface area contributed by atoms with Gasteiger partial charge in [0.15, 0.2) is 0 Å². The second-order valence-corrected chi connectivity index (χ2v) is 5.35. The van der Waals surface area contributed by atoms with Crippen LogP contribution in [0.1, 0.15) is 6.42 Å². The van der Waals surface area contributed by atoms with Crippen LogP contribution in [0.5, 0.6) is 5.75 Å². The molecule has 0 bridgehead atoms. The Kier molecular flexibility index (Phi) is 6.27. The Hall–Kier alpha value is -2.01. The van der Waals surface area contributed by atoms with E-state index in [1.54, 1.807) is 7.11 Å². The predicted molar refractivity (Wildman–Crippen MR) is 89.5 cm³/mol. The molecule has 5 nitrogen and oxygen atoms in total. The molecule has 0 saturated carbocycles. The molecule has 0 radical (unpaired) electrons. The van der Waals surface area contributed by atoms with Gasteiger partial charge in [-0.1, -0.05) is 18.7 Å². The number of anilines is 1. The van der Waals surface area contributed by atoms with E-state index >= 15 is 0 Å². The van der Waals surface area contributed by atoms with E-state index in [0.29, 0.717) is 6.54 Å². The minimum atomic E-state index is -0.0963. The van der Waals surface area contributed by atoms with Crippen molar-refractivity contribution in [2.45, 2.75) is 6.42 Å². The van der Waals surface area contributed by atoms with Crippen LogP contribution in [0.15, 0.2) is 36.9 Å². The van der Waals surface area contributed by atoms with Crippen molar-refractivity contribution < 1.29 is 9.53 Å².